The molecule has 0 fully saturated rings. The molecule has 10 nitrogen and oxygen atoms in total. The maximum absolute atomic E-state index is 13.5. The molecule has 0 saturated heterocycles. The highest BCUT2D eigenvalue weighted by Gasteiger charge is 2.34. The number of nitrogens with one attached hydrogen (secondary N) is 2. The van der Waals surface area contributed by atoms with Gasteiger partial charge in [-0.25, -0.2) is 14.2 Å². The number of para-hydroxylation sites is 1. The molecule has 39 heavy (non-hydrogen) atoms. The van der Waals surface area contributed by atoms with E-state index in [9.17, 15) is 14.4 Å². The first kappa shape index (κ1) is 28.2. The number of hydrogen-bond donors (Lipinski definition) is 2. The average Bonchev–Trinajstić information content (AvgIpc) is 3.37. The number of imidazole rings is 1. The number of aryl methyl sites for hydroxylation is 1. The first-order valence-corrected chi connectivity index (χ1v) is 13.5. The minimum Gasteiger partial charge on any atom is -0.444 e. The topological polar surface area (TPSA) is 107 Å². The van der Waals surface area contributed by atoms with Crippen LogP contribution in [0.2, 0.25) is 0 Å². The standard InChI is InChI=1S/C29H39N5O5/c1-19(16-31-28(37)39-29(3,4)5)15-30-27(36)38-18-34-14-13-33(20(34)2)17-21-11-12-24-25(26(21)35)22-9-7-8-10-23(22)32(24)6/h7-10,13-14,19,21H,11-12,15-18H2,1-6H3,(H-,30,31,36,37)/p+1. The van der Waals surface area contributed by atoms with E-state index >= 15 is 0 Å². The van der Waals surface area contributed by atoms with Crippen molar-refractivity contribution < 1.29 is 28.4 Å². The van der Waals surface area contributed by atoms with Crippen molar-refractivity contribution in [2.24, 2.45) is 18.9 Å². The number of benzene rings is 1. The van der Waals surface area contributed by atoms with Gasteiger partial charge in [0.2, 0.25) is 6.73 Å². The van der Waals surface area contributed by atoms with Gasteiger partial charge in [-0.05, 0) is 45.6 Å². The Hall–Kier alpha value is -3.82. The summed E-state index contributed by atoms with van der Waals surface area (Å²) in [6, 6.07) is 8.08. The van der Waals surface area contributed by atoms with Crippen LogP contribution in [0.1, 0.15) is 56.0 Å². The van der Waals surface area contributed by atoms with Gasteiger partial charge >= 0.3 is 12.2 Å². The fraction of sp³-hybridized carbons (Fsp3) is 0.517. The molecule has 4 rings (SSSR count). The molecule has 0 bridgehead atoms. The SMILES string of the molecule is Cc1n(CC2CCc3c(c4ccccc4n3C)C2=O)cc[n+]1COC(=O)NCC(C)CNC(=O)OC(C)(C)C. The molecule has 2 N–H and O–H groups in total. The molecule has 210 valence electrons. The van der Waals surface area contributed by atoms with Gasteiger partial charge < -0.3 is 24.7 Å². The molecule has 0 saturated carbocycles. The Morgan fingerprint density at radius 2 is 1.85 bits per heavy atom. The van der Waals surface area contributed by atoms with Gasteiger partial charge in [0.05, 0.1) is 5.92 Å². The van der Waals surface area contributed by atoms with Gasteiger partial charge in [0.1, 0.15) is 24.5 Å². The van der Waals surface area contributed by atoms with Crippen molar-refractivity contribution in [3.05, 3.63) is 53.7 Å². The molecule has 2 heterocycles. The zero-order valence-corrected chi connectivity index (χ0v) is 23.7. The summed E-state index contributed by atoms with van der Waals surface area (Å²) in [4.78, 5) is 37.5. The van der Waals surface area contributed by atoms with Crippen LogP contribution in [0.3, 0.4) is 0 Å². The molecule has 3 aromatic rings. The van der Waals surface area contributed by atoms with E-state index in [-0.39, 0.29) is 24.3 Å². The van der Waals surface area contributed by atoms with Gasteiger partial charge in [-0.1, -0.05) is 25.1 Å². The minimum absolute atomic E-state index is 0.00387. The third kappa shape index (κ3) is 6.61. The molecule has 1 aliphatic carbocycles. The summed E-state index contributed by atoms with van der Waals surface area (Å²) in [5, 5.41) is 6.45. The Kier molecular flexibility index (Phi) is 8.32. The van der Waals surface area contributed by atoms with Crippen LogP contribution in [0, 0.1) is 18.8 Å². The van der Waals surface area contributed by atoms with Crippen LogP contribution in [-0.2, 0) is 36.2 Å². The predicted octanol–water partition coefficient (Wildman–Crippen LogP) is 3.87. The monoisotopic (exact) mass is 538 g/mol. The zero-order valence-electron chi connectivity index (χ0n) is 23.7. The highest BCUT2D eigenvalue weighted by Crippen LogP contribution is 2.34. The first-order valence-electron chi connectivity index (χ1n) is 13.5. The van der Waals surface area contributed by atoms with Gasteiger partial charge in [0, 0.05) is 49.2 Å². The Bertz CT molecular complexity index is 1370. The lowest BCUT2D eigenvalue weighted by atomic mass is 9.85. The number of carbonyl (C=O) groups is 3. The van der Waals surface area contributed by atoms with Crippen molar-refractivity contribution >= 4 is 28.9 Å². The van der Waals surface area contributed by atoms with Crippen molar-refractivity contribution in [1.82, 2.24) is 19.8 Å². The van der Waals surface area contributed by atoms with E-state index in [1.165, 1.54) is 0 Å². The van der Waals surface area contributed by atoms with Crippen LogP contribution in [-0.4, -0.2) is 45.8 Å². The largest absolute Gasteiger partial charge is 0.444 e. The van der Waals surface area contributed by atoms with Crippen LogP contribution in [0.25, 0.3) is 10.9 Å². The first-order chi connectivity index (χ1) is 18.4. The van der Waals surface area contributed by atoms with Gasteiger partial charge in [-0.3, -0.25) is 4.79 Å². The number of nitrogens with zero attached hydrogens (tertiary/aromatic N) is 3. The predicted molar refractivity (Wildman–Crippen MR) is 146 cm³/mol. The minimum atomic E-state index is -0.559. The third-order valence-corrected chi connectivity index (χ3v) is 7.17. The zero-order chi connectivity index (χ0) is 28.3. The van der Waals surface area contributed by atoms with Crippen molar-refractivity contribution in [3.8, 4) is 0 Å². The average molecular weight is 539 g/mol. The van der Waals surface area contributed by atoms with Crippen molar-refractivity contribution in [3.63, 3.8) is 0 Å². The molecular formula is C29H40N5O5+. The highest BCUT2D eigenvalue weighted by atomic mass is 16.6. The van der Waals surface area contributed by atoms with E-state index < -0.39 is 17.8 Å². The summed E-state index contributed by atoms with van der Waals surface area (Å²) in [5.74, 6) is 0.978. The summed E-state index contributed by atoms with van der Waals surface area (Å²) >= 11 is 0. The smallest absolute Gasteiger partial charge is 0.410 e. The number of Topliss-reactive ketones (excluding diaryl/α,β-unsaturated/α-hetero) is 1. The molecule has 0 radical (unpaired) electrons. The fourth-order valence-electron chi connectivity index (χ4n) is 5.02. The number of ketones is 1. The molecule has 1 aliphatic rings. The number of alkyl carbamates (subject to hydrolysis) is 2. The molecule has 2 amide bonds. The number of aromatic nitrogens is 3. The molecule has 2 aromatic heterocycles. The molecular weight excluding hydrogens is 498 g/mol. The van der Waals surface area contributed by atoms with E-state index in [1.54, 1.807) is 20.8 Å². The summed E-state index contributed by atoms with van der Waals surface area (Å²) in [5.41, 5.74) is 2.51. The van der Waals surface area contributed by atoms with E-state index in [2.05, 4.69) is 21.3 Å². The lowest BCUT2D eigenvalue weighted by Gasteiger charge is -2.21. The lowest BCUT2D eigenvalue weighted by Crippen LogP contribution is -2.41. The van der Waals surface area contributed by atoms with Crippen molar-refractivity contribution in [2.45, 2.75) is 66.3 Å². The van der Waals surface area contributed by atoms with Crippen molar-refractivity contribution in [1.29, 1.82) is 0 Å². The van der Waals surface area contributed by atoms with E-state index in [4.69, 9.17) is 9.47 Å². The van der Waals surface area contributed by atoms with Gasteiger partial charge in [-0.2, -0.15) is 4.57 Å². The number of amides is 2. The number of rotatable bonds is 8. The molecule has 0 aliphatic heterocycles. The normalized spacial score (nSPS) is 16.1. The summed E-state index contributed by atoms with van der Waals surface area (Å²) in [6.07, 6.45) is 4.42. The van der Waals surface area contributed by atoms with E-state index in [0.29, 0.717) is 19.6 Å². The van der Waals surface area contributed by atoms with Crippen LogP contribution in [0.15, 0.2) is 36.7 Å². The van der Waals surface area contributed by atoms with Gasteiger partial charge in [0.15, 0.2) is 5.78 Å². The maximum atomic E-state index is 13.5. The third-order valence-electron chi connectivity index (χ3n) is 7.17. The second-order valence-electron chi connectivity index (χ2n) is 11.4. The Labute approximate surface area is 229 Å². The Morgan fingerprint density at radius 3 is 2.56 bits per heavy atom. The van der Waals surface area contributed by atoms with Crippen LogP contribution < -0.4 is 15.2 Å². The fourth-order valence-corrected chi connectivity index (χ4v) is 5.02. The van der Waals surface area contributed by atoms with Crippen LogP contribution >= 0.6 is 0 Å². The number of fused-ring (bicyclic) bond motifs is 3. The van der Waals surface area contributed by atoms with Crippen LogP contribution in [0.5, 0.6) is 0 Å². The molecule has 1 aromatic carbocycles. The molecule has 2 atom stereocenters. The quantitative estimate of drug-likeness (QED) is 0.424. The van der Waals surface area contributed by atoms with Crippen molar-refractivity contribution in [2.75, 3.05) is 13.1 Å². The summed E-state index contributed by atoms with van der Waals surface area (Å²) in [7, 11) is 2.03. The summed E-state index contributed by atoms with van der Waals surface area (Å²) in [6.45, 7) is 10.6. The summed E-state index contributed by atoms with van der Waals surface area (Å²) < 4.78 is 16.6. The molecule has 0 spiro atoms. The van der Waals surface area contributed by atoms with E-state index in [1.807, 2.05) is 60.6 Å². The maximum Gasteiger partial charge on any atom is 0.410 e. The lowest BCUT2D eigenvalue weighted by molar-refractivity contribution is -0.732. The van der Waals surface area contributed by atoms with E-state index in [0.717, 1.165) is 40.8 Å². The highest BCUT2D eigenvalue weighted by molar-refractivity contribution is 6.11. The Balaban J connectivity index is 1.26. The number of ether oxygens (including phenoxy) is 2. The van der Waals surface area contributed by atoms with Crippen LogP contribution in [0.4, 0.5) is 9.59 Å². The number of carbonyl (C=O) groups excluding carboxylic acids is 3. The Morgan fingerprint density at radius 1 is 1.15 bits per heavy atom. The second kappa shape index (κ2) is 11.5. The van der Waals surface area contributed by atoms with Gasteiger partial charge in [-0.15, -0.1) is 0 Å². The molecule has 10 heteroatoms. The second-order valence-corrected chi connectivity index (χ2v) is 11.4. The number of hydrogen-bond acceptors (Lipinski definition) is 5. The van der Waals surface area contributed by atoms with Gasteiger partial charge in [0.25, 0.3) is 5.82 Å². The molecule has 2 unspecified atom stereocenters.